The van der Waals surface area contributed by atoms with Gasteiger partial charge in [0.05, 0.1) is 0 Å². The van der Waals surface area contributed by atoms with E-state index in [4.69, 9.17) is 0 Å². The van der Waals surface area contributed by atoms with Crippen molar-refractivity contribution in [2.75, 3.05) is 7.05 Å². The second-order valence-electron chi connectivity index (χ2n) is 2.04. The highest BCUT2D eigenvalue weighted by atomic mass is 79.9. The molecule has 5 heteroatoms. The molecule has 1 aromatic heterocycles. The molecule has 0 amide bonds. The highest BCUT2D eigenvalue weighted by Gasteiger charge is 1.90. The first-order chi connectivity index (χ1) is 4.83. The average molecular weight is 274 g/mol. The van der Waals surface area contributed by atoms with Gasteiger partial charge in [0, 0.05) is 23.4 Å². The summed E-state index contributed by atoms with van der Waals surface area (Å²) in [5.74, 6) is 0. The lowest BCUT2D eigenvalue weighted by Crippen LogP contribution is -2.04. The quantitative estimate of drug-likeness (QED) is 0.895. The van der Waals surface area contributed by atoms with Crippen LogP contribution in [0.3, 0.4) is 0 Å². The number of rotatable bonds is 2. The van der Waals surface area contributed by atoms with E-state index in [-0.39, 0.29) is 24.8 Å². The summed E-state index contributed by atoms with van der Waals surface area (Å²) in [5, 5.41) is 3.05. The predicted octanol–water partition coefficient (Wildman–Crippen LogP) is 2.41. The summed E-state index contributed by atoms with van der Waals surface area (Å²) in [4.78, 5) is 4.02. The molecule has 1 aromatic rings. The van der Waals surface area contributed by atoms with Gasteiger partial charge in [-0.2, -0.15) is 0 Å². The second kappa shape index (κ2) is 7.80. The molecular formula is C7H11BrCl2N2. The van der Waals surface area contributed by atoms with E-state index >= 15 is 0 Å². The fourth-order valence-corrected chi connectivity index (χ4v) is 1.17. The first-order valence-corrected chi connectivity index (χ1v) is 3.86. The van der Waals surface area contributed by atoms with Crippen molar-refractivity contribution in [3.8, 4) is 0 Å². The van der Waals surface area contributed by atoms with Crippen LogP contribution >= 0.6 is 40.7 Å². The maximum absolute atomic E-state index is 4.02. The second-order valence-corrected chi connectivity index (χ2v) is 2.96. The third kappa shape index (κ3) is 4.93. The summed E-state index contributed by atoms with van der Waals surface area (Å²) in [5.41, 5.74) is 1.19. The zero-order valence-corrected chi connectivity index (χ0v) is 9.80. The van der Waals surface area contributed by atoms with Crippen molar-refractivity contribution in [3.05, 3.63) is 28.5 Å². The van der Waals surface area contributed by atoms with E-state index in [0.29, 0.717) is 0 Å². The van der Waals surface area contributed by atoms with Crippen molar-refractivity contribution in [3.63, 3.8) is 0 Å². The van der Waals surface area contributed by atoms with Gasteiger partial charge in [0.15, 0.2) is 0 Å². The Morgan fingerprint density at radius 1 is 1.42 bits per heavy atom. The molecule has 0 saturated carbocycles. The molecular weight excluding hydrogens is 263 g/mol. The van der Waals surface area contributed by atoms with Gasteiger partial charge in [-0.05, 0) is 34.6 Å². The van der Waals surface area contributed by atoms with Gasteiger partial charge in [0.2, 0.25) is 0 Å². The van der Waals surface area contributed by atoms with Crippen LogP contribution in [0.25, 0.3) is 0 Å². The van der Waals surface area contributed by atoms with Crippen molar-refractivity contribution in [1.29, 1.82) is 0 Å². The number of pyridine rings is 1. The lowest BCUT2D eigenvalue weighted by Gasteiger charge is -1.97. The molecule has 1 rings (SSSR count). The van der Waals surface area contributed by atoms with Crippen molar-refractivity contribution < 1.29 is 0 Å². The van der Waals surface area contributed by atoms with Gasteiger partial charge >= 0.3 is 0 Å². The predicted molar refractivity (Wildman–Crippen MR) is 59.2 cm³/mol. The Bertz CT molecular complexity index is 220. The molecule has 0 spiro atoms. The Kier molecular flexibility index (Phi) is 9.54. The van der Waals surface area contributed by atoms with Crippen molar-refractivity contribution in [1.82, 2.24) is 10.3 Å². The minimum atomic E-state index is 0. The molecule has 1 heterocycles. The Hall–Kier alpha value is 0.170. The molecule has 70 valence electrons. The maximum atomic E-state index is 4.02. The number of nitrogens with zero attached hydrogens (tertiary/aromatic N) is 1. The topological polar surface area (TPSA) is 24.9 Å². The molecule has 1 N–H and O–H groups in total. The van der Waals surface area contributed by atoms with Crippen LogP contribution in [0.1, 0.15) is 5.56 Å². The molecule has 0 fully saturated rings. The lowest BCUT2D eigenvalue weighted by atomic mass is 10.3. The number of halogens is 3. The Morgan fingerprint density at radius 3 is 2.58 bits per heavy atom. The van der Waals surface area contributed by atoms with Gasteiger partial charge in [-0.3, -0.25) is 4.98 Å². The van der Waals surface area contributed by atoms with Gasteiger partial charge in [-0.1, -0.05) is 0 Å². The van der Waals surface area contributed by atoms with Gasteiger partial charge in [0.25, 0.3) is 0 Å². The molecule has 0 aliphatic rings. The minimum absolute atomic E-state index is 0. The van der Waals surface area contributed by atoms with Crippen molar-refractivity contribution in [2.45, 2.75) is 6.54 Å². The molecule has 0 aromatic carbocycles. The third-order valence-electron chi connectivity index (χ3n) is 1.14. The fraction of sp³-hybridized carbons (Fsp3) is 0.286. The van der Waals surface area contributed by atoms with Gasteiger partial charge in [-0.25, -0.2) is 0 Å². The van der Waals surface area contributed by atoms with E-state index in [1.807, 2.05) is 19.3 Å². The van der Waals surface area contributed by atoms with Crippen LogP contribution in [-0.2, 0) is 6.54 Å². The standard InChI is InChI=1S/C7H9BrN2.2ClH/c1-9-3-6-2-7(8)5-10-4-6;;/h2,4-5,9H,3H2,1H3;2*1H. The summed E-state index contributed by atoms with van der Waals surface area (Å²) in [7, 11) is 1.92. The first-order valence-electron chi connectivity index (χ1n) is 3.07. The molecule has 0 atom stereocenters. The zero-order chi connectivity index (χ0) is 7.40. The highest BCUT2D eigenvalue weighted by molar-refractivity contribution is 9.10. The number of hydrogen-bond acceptors (Lipinski definition) is 2. The summed E-state index contributed by atoms with van der Waals surface area (Å²) in [6.45, 7) is 0.867. The molecule has 0 aliphatic carbocycles. The van der Waals surface area contributed by atoms with E-state index in [2.05, 4.69) is 26.2 Å². The summed E-state index contributed by atoms with van der Waals surface area (Å²) in [6, 6.07) is 2.05. The smallest absolute Gasteiger partial charge is 0.0410 e. The van der Waals surface area contributed by atoms with Gasteiger partial charge in [-0.15, -0.1) is 24.8 Å². The number of hydrogen-bond donors (Lipinski definition) is 1. The SMILES string of the molecule is CNCc1cncc(Br)c1.Cl.Cl. The highest BCUT2D eigenvalue weighted by Crippen LogP contribution is 2.08. The molecule has 12 heavy (non-hydrogen) atoms. The van der Waals surface area contributed by atoms with Crippen LogP contribution in [0.5, 0.6) is 0 Å². The van der Waals surface area contributed by atoms with Crippen molar-refractivity contribution >= 4 is 40.7 Å². The van der Waals surface area contributed by atoms with Crippen LogP contribution in [0.15, 0.2) is 22.9 Å². The van der Waals surface area contributed by atoms with Crippen molar-refractivity contribution in [2.24, 2.45) is 0 Å². The van der Waals surface area contributed by atoms with E-state index in [9.17, 15) is 0 Å². The first kappa shape index (κ1) is 14.7. The maximum Gasteiger partial charge on any atom is 0.0410 e. The van der Waals surface area contributed by atoms with Crippen LogP contribution in [0.4, 0.5) is 0 Å². The Balaban J connectivity index is 0. The molecule has 0 aliphatic heterocycles. The minimum Gasteiger partial charge on any atom is -0.316 e. The molecule has 0 radical (unpaired) electrons. The summed E-state index contributed by atoms with van der Waals surface area (Å²) < 4.78 is 1.03. The van der Waals surface area contributed by atoms with E-state index < -0.39 is 0 Å². The monoisotopic (exact) mass is 272 g/mol. The largest absolute Gasteiger partial charge is 0.316 e. The Morgan fingerprint density at radius 2 is 2.08 bits per heavy atom. The van der Waals surface area contributed by atoms with Crippen LogP contribution in [-0.4, -0.2) is 12.0 Å². The zero-order valence-electron chi connectivity index (χ0n) is 6.58. The van der Waals surface area contributed by atoms with Crippen LogP contribution in [0.2, 0.25) is 0 Å². The third-order valence-corrected chi connectivity index (χ3v) is 1.58. The fourth-order valence-electron chi connectivity index (χ4n) is 0.757. The van der Waals surface area contributed by atoms with E-state index in [0.717, 1.165) is 11.0 Å². The summed E-state index contributed by atoms with van der Waals surface area (Å²) in [6.07, 6.45) is 3.63. The molecule has 0 saturated heterocycles. The lowest BCUT2D eigenvalue weighted by molar-refractivity contribution is 0.812. The Labute approximate surface area is 93.1 Å². The van der Waals surface area contributed by atoms with Crippen LogP contribution < -0.4 is 5.32 Å². The van der Waals surface area contributed by atoms with E-state index in [1.165, 1.54) is 5.56 Å². The number of aromatic nitrogens is 1. The molecule has 2 nitrogen and oxygen atoms in total. The molecule has 0 unspecified atom stereocenters. The average Bonchev–Trinajstić information content (AvgIpc) is 1.88. The van der Waals surface area contributed by atoms with Crippen LogP contribution in [0, 0.1) is 0 Å². The van der Waals surface area contributed by atoms with Gasteiger partial charge < -0.3 is 5.32 Å². The van der Waals surface area contributed by atoms with E-state index in [1.54, 1.807) is 6.20 Å². The molecule has 0 bridgehead atoms. The normalized spacial score (nSPS) is 8.17. The number of nitrogens with one attached hydrogen (secondary N) is 1. The van der Waals surface area contributed by atoms with Gasteiger partial charge in [0.1, 0.15) is 0 Å². The summed E-state index contributed by atoms with van der Waals surface area (Å²) >= 11 is 3.34.